The van der Waals surface area contributed by atoms with Gasteiger partial charge in [-0.1, -0.05) is 60.8 Å². The van der Waals surface area contributed by atoms with E-state index in [4.69, 9.17) is 39.5 Å². The largest absolute Gasteiger partial charge is 0.452 e. The molecule has 0 saturated heterocycles. The summed E-state index contributed by atoms with van der Waals surface area (Å²) in [4.78, 5) is 24.1. The molecule has 4 nitrogen and oxygen atoms in total. The van der Waals surface area contributed by atoms with Crippen molar-refractivity contribution in [2.24, 2.45) is 0 Å². The van der Waals surface area contributed by atoms with E-state index in [1.54, 1.807) is 0 Å². The molecule has 7 heteroatoms. The van der Waals surface area contributed by atoms with Crippen molar-refractivity contribution in [2.45, 2.75) is 26.2 Å². The van der Waals surface area contributed by atoms with E-state index in [1.165, 1.54) is 17.7 Å². The SMILES string of the molecule is CCC(C)c1ccc(NC(=O)COC(=O)c2c(Cl)ccc(Cl)c2Cl)cc1. The highest BCUT2D eigenvalue weighted by Gasteiger charge is 2.19. The Morgan fingerprint density at radius 3 is 2.27 bits per heavy atom. The smallest absolute Gasteiger partial charge is 0.341 e. The topological polar surface area (TPSA) is 55.4 Å². The number of carbonyl (C=O) groups excluding carboxylic acids is 2. The minimum atomic E-state index is -0.815. The summed E-state index contributed by atoms with van der Waals surface area (Å²) >= 11 is 17.8. The van der Waals surface area contributed by atoms with Crippen molar-refractivity contribution in [1.29, 1.82) is 0 Å². The first-order valence-electron chi connectivity index (χ1n) is 8.03. The molecule has 0 aliphatic heterocycles. The third-order valence-corrected chi connectivity index (χ3v) is 5.08. The molecule has 0 heterocycles. The zero-order valence-electron chi connectivity index (χ0n) is 14.3. The van der Waals surface area contributed by atoms with Crippen LogP contribution in [-0.2, 0) is 9.53 Å². The number of amides is 1. The third-order valence-electron chi connectivity index (χ3n) is 3.96. The Bertz CT molecular complexity index is 806. The molecule has 0 saturated carbocycles. The van der Waals surface area contributed by atoms with Gasteiger partial charge in [-0.3, -0.25) is 4.79 Å². The Kier molecular flexibility index (Phi) is 7.33. The van der Waals surface area contributed by atoms with E-state index in [9.17, 15) is 9.59 Å². The Morgan fingerprint density at radius 1 is 1.04 bits per heavy atom. The van der Waals surface area contributed by atoms with Crippen LogP contribution < -0.4 is 5.32 Å². The second kappa shape index (κ2) is 9.26. The van der Waals surface area contributed by atoms with Crippen molar-refractivity contribution in [3.8, 4) is 0 Å². The lowest BCUT2D eigenvalue weighted by Gasteiger charge is -2.11. The van der Waals surface area contributed by atoms with Gasteiger partial charge in [-0.25, -0.2) is 4.79 Å². The van der Waals surface area contributed by atoms with Crippen molar-refractivity contribution in [1.82, 2.24) is 0 Å². The van der Waals surface area contributed by atoms with Crippen LogP contribution in [0.2, 0.25) is 15.1 Å². The molecule has 0 aliphatic carbocycles. The minimum Gasteiger partial charge on any atom is -0.452 e. The summed E-state index contributed by atoms with van der Waals surface area (Å²) in [5.74, 6) is -0.832. The van der Waals surface area contributed by atoms with Crippen LogP contribution in [-0.4, -0.2) is 18.5 Å². The van der Waals surface area contributed by atoms with E-state index >= 15 is 0 Å². The summed E-state index contributed by atoms with van der Waals surface area (Å²) in [5, 5.41) is 2.93. The van der Waals surface area contributed by atoms with Crippen LogP contribution in [0, 0.1) is 0 Å². The van der Waals surface area contributed by atoms with Gasteiger partial charge in [0.25, 0.3) is 5.91 Å². The van der Waals surface area contributed by atoms with Gasteiger partial charge in [0.15, 0.2) is 6.61 Å². The Labute approximate surface area is 167 Å². The molecule has 0 radical (unpaired) electrons. The van der Waals surface area contributed by atoms with Gasteiger partial charge in [-0.15, -0.1) is 0 Å². The van der Waals surface area contributed by atoms with Gasteiger partial charge in [-0.05, 0) is 42.2 Å². The van der Waals surface area contributed by atoms with Crippen molar-refractivity contribution in [2.75, 3.05) is 11.9 Å². The van der Waals surface area contributed by atoms with Crippen LogP contribution in [0.15, 0.2) is 36.4 Å². The van der Waals surface area contributed by atoms with Crippen LogP contribution in [0.5, 0.6) is 0 Å². The molecule has 0 aliphatic rings. The predicted octanol–water partition coefficient (Wildman–Crippen LogP) is 5.96. The van der Waals surface area contributed by atoms with Crippen molar-refractivity contribution >= 4 is 52.4 Å². The van der Waals surface area contributed by atoms with E-state index in [0.717, 1.165) is 6.42 Å². The van der Waals surface area contributed by atoms with Crippen LogP contribution in [0.25, 0.3) is 0 Å². The number of carbonyl (C=O) groups is 2. The van der Waals surface area contributed by atoms with Crippen LogP contribution >= 0.6 is 34.8 Å². The van der Waals surface area contributed by atoms with E-state index in [2.05, 4.69) is 19.2 Å². The zero-order valence-corrected chi connectivity index (χ0v) is 16.6. The molecule has 2 aromatic carbocycles. The van der Waals surface area contributed by atoms with Gasteiger partial charge in [0, 0.05) is 5.69 Å². The minimum absolute atomic E-state index is 0.00907. The molecule has 0 spiro atoms. The fourth-order valence-electron chi connectivity index (χ4n) is 2.25. The molecule has 26 heavy (non-hydrogen) atoms. The molecule has 138 valence electrons. The maximum absolute atomic E-state index is 12.1. The maximum atomic E-state index is 12.1. The average Bonchev–Trinajstić information content (AvgIpc) is 2.63. The Hall–Kier alpha value is -1.75. The molecule has 0 aromatic heterocycles. The summed E-state index contributed by atoms with van der Waals surface area (Å²) in [5.41, 5.74) is 1.76. The Morgan fingerprint density at radius 2 is 1.65 bits per heavy atom. The monoisotopic (exact) mass is 413 g/mol. The number of anilines is 1. The number of hydrogen-bond acceptors (Lipinski definition) is 3. The molecule has 2 aromatic rings. The second-order valence-corrected chi connectivity index (χ2v) is 6.97. The van der Waals surface area contributed by atoms with Gasteiger partial charge < -0.3 is 10.1 Å². The number of halogens is 3. The lowest BCUT2D eigenvalue weighted by molar-refractivity contribution is -0.119. The summed E-state index contributed by atoms with van der Waals surface area (Å²) in [6, 6.07) is 10.4. The van der Waals surface area contributed by atoms with Crippen LogP contribution in [0.4, 0.5) is 5.69 Å². The number of rotatable bonds is 6. The summed E-state index contributed by atoms with van der Waals surface area (Å²) in [7, 11) is 0. The molecule has 2 rings (SSSR count). The van der Waals surface area contributed by atoms with Gasteiger partial charge in [-0.2, -0.15) is 0 Å². The van der Waals surface area contributed by atoms with Crippen molar-refractivity contribution in [3.05, 3.63) is 62.6 Å². The van der Waals surface area contributed by atoms with E-state index in [0.29, 0.717) is 11.6 Å². The molecular weight excluding hydrogens is 397 g/mol. The van der Waals surface area contributed by atoms with Crippen molar-refractivity contribution < 1.29 is 14.3 Å². The lowest BCUT2D eigenvalue weighted by Crippen LogP contribution is -2.21. The molecule has 0 bridgehead atoms. The number of esters is 1. The third kappa shape index (κ3) is 5.13. The normalized spacial score (nSPS) is 11.7. The molecule has 1 unspecified atom stereocenters. The second-order valence-electron chi connectivity index (χ2n) is 5.77. The predicted molar refractivity (Wildman–Crippen MR) is 106 cm³/mol. The highest BCUT2D eigenvalue weighted by Crippen LogP contribution is 2.31. The number of hydrogen-bond donors (Lipinski definition) is 1. The van der Waals surface area contributed by atoms with Crippen LogP contribution in [0.3, 0.4) is 0 Å². The molecule has 1 amide bonds. The van der Waals surface area contributed by atoms with Crippen LogP contribution in [0.1, 0.15) is 42.1 Å². The zero-order chi connectivity index (χ0) is 19.3. The molecular formula is C19H18Cl3NO3. The average molecular weight is 415 g/mol. The maximum Gasteiger partial charge on any atom is 0.341 e. The summed E-state index contributed by atoms with van der Waals surface area (Å²) in [6.07, 6.45) is 1.04. The molecule has 0 fully saturated rings. The Balaban J connectivity index is 1.95. The molecule has 1 N–H and O–H groups in total. The first-order chi connectivity index (χ1) is 12.3. The van der Waals surface area contributed by atoms with Gasteiger partial charge in [0.1, 0.15) is 0 Å². The van der Waals surface area contributed by atoms with Gasteiger partial charge >= 0.3 is 5.97 Å². The van der Waals surface area contributed by atoms with E-state index in [1.807, 2.05) is 24.3 Å². The summed E-state index contributed by atoms with van der Waals surface area (Å²) in [6.45, 7) is 3.79. The number of ether oxygens (including phenoxy) is 1. The van der Waals surface area contributed by atoms with Gasteiger partial charge in [0.2, 0.25) is 0 Å². The number of nitrogens with one attached hydrogen (secondary N) is 1. The fourth-order valence-corrected chi connectivity index (χ4v) is 2.93. The standard InChI is InChI=1S/C19H18Cl3NO3/c1-3-11(2)12-4-6-13(7-5-12)23-16(24)10-26-19(25)17-14(20)8-9-15(21)18(17)22/h4-9,11H,3,10H2,1-2H3,(H,23,24). The fraction of sp³-hybridized carbons (Fsp3) is 0.263. The number of benzene rings is 2. The highest BCUT2D eigenvalue weighted by atomic mass is 35.5. The summed E-state index contributed by atoms with van der Waals surface area (Å²) < 4.78 is 4.98. The van der Waals surface area contributed by atoms with E-state index in [-0.39, 0.29) is 20.6 Å². The van der Waals surface area contributed by atoms with E-state index < -0.39 is 18.5 Å². The van der Waals surface area contributed by atoms with Gasteiger partial charge in [0.05, 0.1) is 20.6 Å². The van der Waals surface area contributed by atoms with Crippen molar-refractivity contribution in [3.63, 3.8) is 0 Å². The quantitative estimate of drug-likeness (QED) is 0.469. The first kappa shape index (κ1) is 20.6. The first-order valence-corrected chi connectivity index (χ1v) is 9.17. The highest BCUT2D eigenvalue weighted by molar-refractivity contribution is 6.46. The lowest BCUT2D eigenvalue weighted by atomic mass is 9.99. The molecule has 1 atom stereocenters.